The standard InChI is InChI=1S/C16H17N5O3/c1-9-8-21-13(4-5-18-21)20-14(9)16(23)17-7-11-12(24-3)6-10(2)19-15(11)22/h4-6,8H,7H2,1-3H3,(H,17,23)(H,19,22). The molecule has 3 aromatic rings. The number of H-pyrrole nitrogens is 1. The largest absolute Gasteiger partial charge is 0.496 e. The highest BCUT2D eigenvalue weighted by molar-refractivity contribution is 5.94. The second-order valence-electron chi connectivity index (χ2n) is 5.42. The molecule has 0 atom stereocenters. The number of hydrogen-bond acceptors (Lipinski definition) is 5. The van der Waals surface area contributed by atoms with Crippen molar-refractivity contribution in [3.05, 3.63) is 57.4 Å². The summed E-state index contributed by atoms with van der Waals surface area (Å²) in [7, 11) is 1.48. The van der Waals surface area contributed by atoms with E-state index in [0.717, 1.165) is 0 Å². The Hall–Kier alpha value is -3.16. The van der Waals surface area contributed by atoms with E-state index in [-0.39, 0.29) is 18.0 Å². The van der Waals surface area contributed by atoms with Crippen LogP contribution in [0.3, 0.4) is 0 Å². The van der Waals surface area contributed by atoms with Crippen molar-refractivity contribution in [2.24, 2.45) is 0 Å². The number of carbonyl (C=O) groups excluding carboxylic acids is 1. The Morgan fingerprint density at radius 1 is 1.42 bits per heavy atom. The second kappa shape index (κ2) is 6.15. The predicted octanol–water partition coefficient (Wildman–Crippen LogP) is 0.973. The molecule has 0 saturated carbocycles. The second-order valence-corrected chi connectivity index (χ2v) is 5.42. The Morgan fingerprint density at radius 2 is 2.21 bits per heavy atom. The van der Waals surface area contributed by atoms with Gasteiger partial charge in [-0.3, -0.25) is 9.59 Å². The zero-order chi connectivity index (χ0) is 17.3. The van der Waals surface area contributed by atoms with Gasteiger partial charge >= 0.3 is 0 Å². The number of nitrogens with one attached hydrogen (secondary N) is 2. The van der Waals surface area contributed by atoms with Crippen LogP contribution in [-0.4, -0.2) is 32.6 Å². The van der Waals surface area contributed by atoms with Crippen LogP contribution in [0.15, 0.2) is 29.3 Å². The van der Waals surface area contributed by atoms with Gasteiger partial charge in [0.1, 0.15) is 11.4 Å². The van der Waals surface area contributed by atoms with E-state index in [0.29, 0.717) is 33.9 Å². The number of ether oxygens (including phenoxy) is 1. The number of fused-ring (bicyclic) bond motifs is 1. The Balaban J connectivity index is 1.85. The molecule has 1 amide bonds. The highest BCUT2D eigenvalue weighted by Gasteiger charge is 2.15. The third-order valence-electron chi connectivity index (χ3n) is 3.66. The van der Waals surface area contributed by atoms with Gasteiger partial charge in [-0.25, -0.2) is 9.50 Å². The first kappa shape index (κ1) is 15.7. The molecule has 3 rings (SSSR count). The molecule has 24 heavy (non-hydrogen) atoms. The molecule has 8 nitrogen and oxygen atoms in total. The Labute approximate surface area is 137 Å². The van der Waals surface area contributed by atoms with E-state index in [4.69, 9.17) is 4.74 Å². The number of hydrogen-bond donors (Lipinski definition) is 2. The summed E-state index contributed by atoms with van der Waals surface area (Å²) in [6, 6.07) is 3.43. The smallest absolute Gasteiger partial charge is 0.270 e. The molecule has 0 aliphatic rings. The van der Waals surface area contributed by atoms with Crippen molar-refractivity contribution in [3.8, 4) is 5.75 Å². The maximum absolute atomic E-state index is 12.4. The lowest BCUT2D eigenvalue weighted by Gasteiger charge is -2.10. The van der Waals surface area contributed by atoms with E-state index in [1.54, 1.807) is 42.9 Å². The molecule has 124 valence electrons. The van der Waals surface area contributed by atoms with Crippen molar-refractivity contribution in [2.75, 3.05) is 7.11 Å². The molecule has 0 aliphatic carbocycles. The van der Waals surface area contributed by atoms with Gasteiger partial charge in [0.05, 0.1) is 25.4 Å². The van der Waals surface area contributed by atoms with Crippen LogP contribution in [-0.2, 0) is 6.54 Å². The van der Waals surface area contributed by atoms with Crippen LogP contribution in [0.2, 0.25) is 0 Å². The lowest BCUT2D eigenvalue weighted by molar-refractivity contribution is 0.0945. The lowest BCUT2D eigenvalue weighted by atomic mass is 10.2. The van der Waals surface area contributed by atoms with Gasteiger partial charge in [0.2, 0.25) is 0 Å². The molecule has 3 heterocycles. The zero-order valence-electron chi connectivity index (χ0n) is 13.6. The van der Waals surface area contributed by atoms with Crippen LogP contribution in [0.5, 0.6) is 5.75 Å². The fraction of sp³-hybridized carbons (Fsp3) is 0.250. The Bertz CT molecular complexity index is 973. The fourth-order valence-corrected chi connectivity index (χ4v) is 2.46. The molecule has 0 spiro atoms. The van der Waals surface area contributed by atoms with Gasteiger partial charge in [0.15, 0.2) is 5.65 Å². The number of aromatic nitrogens is 4. The highest BCUT2D eigenvalue weighted by Crippen LogP contribution is 2.15. The zero-order valence-corrected chi connectivity index (χ0v) is 13.6. The van der Waals surface area contributed by atoms with Crippen LogP contribution >= 0.6 is 0 Å². The van der Waals surface area contributed by atoms with E-state index in [2.05, 4.69) is 20.4 Å². The number of methoxy groups -OCH3 is 1. The van der Waals surface area contributed by atoms with Crippen molar-refractivity contribution < 1.29 is 9.53 Å². The van der Waals surface area contributed by atoms with Crippen LogP contribution < -0.4 is 15.6 Å². The van der Waals surface area contributed by atoms with Gasteiger partial charge in [-0.2, -0.15) is 5.10 Å². The maximum Gasteiger partial charge on any atom is 0.270 e. The van der Waals surface area contributed by atoms with E-state index < -0.39 is 0 Å². The first-order valence-corrected chi connectivity index (χ1v) is 7.35. The number of aromatic amines is 1. The molecule has 8 heteroatoms. The van der Waals surface area contributed by atoms with Gasteiger partial charge in [-0.1, -0.05) is 0 Å². The lowest BCUT2D eigenvalue weighted by Crippen LogP contribution is -2.29. The number of pyridine rings is 1. The molecule has 0 radical (unpaired) electrons. The van der Waals surface area contributed by atoms with Gasteiger partial charge < -0.3 is 15.0 Å². The molecule has 0 bridgehead atoms. The minimum absolute atomic E-state index is 0.0448. The SMILES string of the molecule is COc1cc(C)[nH]c(=O)c1CNC(=O)c1nc2ccnn2cc1C. The minimum Gasteiger partial charge on any atom is -0.496 e. The maximum atomic E-state index is 12.4. The van der Waals surface area contributed by atoms with Crippen LogP contribution in [0.1, 0.15) is 27.3 Å². The average Bonchev–Trinajstić information content (AvgIpc) is 2.99. The fourth-order valence-electron chi connectivity index (χ4n) is 2.46. The minimum atomic E-state index is -0.363. The number of aryl methyl sites for hydroxylation is 2. The van der Waals surface area contributed by atoms with Gasteiger partial charge in [-0.15, -0.1) is 0 Å². The number of carbonyl (C=O) groups is 1. The highest BCUT2D eigenvalue weighted by atomic mass is 16.5. The molecule has 2 N–H and O–H groups in total. The molecule has 0 aromatic carbocycles. The first-order chi connectivity index (χ1) is 11.5. The van der Waals surface area contributed by atoms with Crippen LogP contribution in [0.4, 0.5) is 0 Å². The summed E-state index contributed by atoms with van der Waals surface area (Å²) < 4.78 is 6.81. The van der Waals surface area contributed by atoms with E-state index in [1.807, 2.05) is 0 Å². The Kier molecular flexibility index (Phi) is 4.03. The quantitative estimate of drug-likeness (QED) is 0.743. The molecule has 3 aromatic heterocycles. The third-order valence-corrected chi connectivity index (χ3v) is 3.66. The summed E-state index contributed by atoms with van der Waals surface area (Å²) in [5, 5.41) is 6.79. The number of amides is 1. The molecule has 0 aliphatic heterocycles. The van der Waals surface area contributed by atoms with E-state index in [1.165, 1.54) is 7.11 Å². The summed E-state index contributed by atoms with van der Waals surface area (Å²) in [6.07, 6.45) is 3.34. The molecular formula is C16H17N5O3. The monoisotopic (exact) mass is 327 g/mol. The van der Waals surface area contributed by atoms with Crippen molar-refractivity contribution in [1.82, 2.24) is 24.9 Å². The summed E-state index contributed by atoms with van der Waals surface area (Å²) >= 11 is 0. The average molecular weight is 327 g/mol. The molecule has 0 saturated heterocycles. The summed E-state index contributed by atoms with van der Waals surface area (Å²) in [4.78, 5) is 31.5. The molecular weight excluding hydrogens is 310 g/mol. The Morgan fingerprint density at radius 3 is 2.96 bits per heavy atom. The predicted molar refractivity (Wildman–Crippen MR) is 87.2 cm³/mol. The van der Waals surface area contributed by atoms with Gasteiger partial charge in [0.25, 0.3) is 11.5 Å². The number of rotatable bonds is 4. The van der Waals surface area contributed by atoms with Crippen LogP contribution in [0, 0.1) is 13.8 Å². The van der Waals surface area contributed by atoms with Crippen molar-refractivity contribution in [2.45, 2.75) is 20.4 Å². The topological polar surface area (TPSA) is 101 Å². The molecule has 0 fully saturated rings. The van der Waals surface area contributed by atoms with Gasteiger partial charge in [-0.05, 0) is 25.5 Å². The van der Waals surface area contributed by atoms with Crippen molar-refractivity contribution in [3.63, 3.8) is 0 Å². The third kappa shape index (κ3) is 2.85. The van der Waals surface area contributed by atoms with E-state index >= 15 is 0 Å². The first-order valence-electron chi connectivity index (χ1n) is 7.35. The summed E-state index contributed by atoms with van der Waals surface area (Å²) in [6.45, 7) is 3.59. The van der Waals surface area contributed by atoms with Crippen molar-refractivity contribution in [1.29, 1.82) is 0 Å². The number of nitrogens with zero attached hydrogens (tertiary/aromatic N) is 3. The van der Waals surface area contributed by atoms with Gasteiger partial charge in [0, 0.05) is 18.0 Å². The summed E-state index contributed by atoms with van der Waals surface area (Å²) in [5.41, 5.74) is 2.33. The molecule has 0 unspecified atom stereocenters. The van der Waals surface area contributed by atoms with E-state index in [9.17, 15) is 9.59 Å². The van der Waals surface area contributed by atoms with Crippen LogP contribution in [0.25, 0.3) is 5.65 Å². The van der Waals surface area contributed by atoms with Crippen molar-refractivity contribution >= 4 is 11.6 Å². The normalized spacial score (nSPS) is 10.8. The summed E-state index contributed by atoms with van der Waals surface area (Å²) in [5.74, 6) is 0.0747.